The molecule has 0 spiro atoms. The van der Waals surface area contributed by atoms with Crippen molar-refractivity contribution in [1.29, 1.82) is 0 Å². The third kappa shape index (κ3) is 4.45. The molecule has 6 nitrogen and oxygen atoms in total. The molecule has 0 aliphatic carbocycles. The fraction of sp³-hybridized carbons (Fsp3) is 0.286. The van der Waals surface area contributed by atoms with Crippen LogP contribution in [0.25, 0.3) is 21.5 Å². The zero-order valence-corrected chi connectivity index (χ0v) is 19.3. The van der Waals surface area contributed by atoms with E-state index in [2.05, 4.69) is 99.4 Å². The van der Waals surface area contributed by atoms with Crippen LogP contribution in [0.1, 0.15) is 29.8 Å². The minimum Gasteiger partial charge on any atom is -0.383 e. The van der Waals surface area contributed by atoms with Gasteiger partial charge in [-0.2, -0.15) is 0 Å². The van der Waals surface area contributed by atoms with Gasteiger partial charge in [0.25, 0.3) is 0 Å². The lowest BCUT2D eigenvalue weighted by molar-refractivity contribution is 0.308. The smallest absolute Gasteiger partial charge is 0.0855 e. The van der Waals surface area contributed by atoms with Crippen LogP contribution in [0, 0.1) is 0 Å². The van der Waals surface area contributed by atoms with Crippen molar-refractivity contribution in [2.45, 2.75) is 24.7 Å². The molecule has 7 N–H and O–H groups in total. The van der Waals surface area contributed by atoms with Gasteiger partial charge in [0.2, 0.25) is 0 Å². The molecule has 6 rings (SSSR count). The third-order valence-electron chi connectivity index (χ3n) is 7.04. The average Bonchev–Trinajstić information content (AvgIpc) is 2.79. The molecular formula is C28H32N6. The van der Waals surface area contributed by atoms with Crippen molar-refractivity contribution in [3.63, 3.8) is 0 Å². The average molecular weight is 453 g/mol. The second kappa shape index (κ2) is 9.24. The molecule has 34 heavy (non-hydrogen) atoms. The number of nitrogens with one attached hydrogen (secondary N) is 5. The Balaban J connectivity index is 1.03. The number of nitrogens with two attached hydrogens (primary N) is 1. The Kier molecular flexibility index (Phi) is 5.81. The maximum absolute atomic E-state index is 6.40. The van der Waals surface area contributed by atoms with Crippen molar-refractivity contribution in [2.75, 3.05) is 36.9 Å². The highest BCUT2D eigenvalue weighted by Gasteiger charge is 2.18. The third-order valence-corrected chi connectivity index (χ3v) is 7.04. The van der Waals surface area contributed by atoms with Crippen LogP contribution in [0.3, 0.4) is 0 Å². The standard InChI is InChI=1S/C28H32N6/c29-24(15-31-25-7-5-18-11-22(27-9-10-30-27)3-1-20(18)13-25)16-32-26-8-6-19-12-23(28-33-17-34-28)4-2-21(19)14-26/h1-8,11-14,24,27-28,30-34H,9-10,15-17,29H2. The lowest BCUT2D eigenvalue weighted by Gasteiger charge is -2.30. The minimum absolute atomic E-state index is 0.00315. The fourth-order valence-corrected chi connectivity index (χ4v) is 4.73. The first kappa shape index (κ1) is 21.4. The van der Waals surface area contributed by atoms with Crippen molar-refractivity contribution < 1.29 is 0 Å². The van der Waals surface area contributed by atoms with E-state index in [9.17, 15) is 0 Å². The molecular weight excluding hydrogens is 420 g/mol. The quantitative estimate of drug-likeness (QED) is 0.242. The van der Waals surface area contributed by atoms with Crippen LogP contribution in [0.4, 0.5) is 11.4 Å². The van der Waals surface area contributed by atoms with E-state index < -0.39 is 0 Å². The summed E-state index contributed by atoms with van der Waals surface area (Å²) < 4.78 is 0. The normalized spacial score (nSPS) is 18.9. The van der Waals surface area contributed by atoms with Gasteiger partial charge in [0.15, 0.2) is 0 Å². The van der Waals surface area contributed by atoms with E-state index >= 15 is 0 Å². The monoisotopic (exact) mass is 452 g/mol. The van der Waals surface area contributed by atoms with Gasteiger partial charge in [0.05, 0.1) is 6.17 Å². The summed E-state index contributed by atoms with van der Waals surface area (Å²) in [6, 6.07) is 26.9. The highest BCUT2D eigenvalue weighted by molar-refractivity contribution is 5.87. The maximum atomic E-state index is 6.40. The summed E-state index contributed by atoms with van der Waals surface area (Å²) in [6.45, 7) is 3.41. The number of hydrogen-bond donors (Lipinski definition) is 6. The van der Waals surface area contributed by atoms with Gasteiger partial charge in [-0.3, -0.25) is 10.6 Å². The van der Waals surface area contributed by atoms with Crippen molar-refractivity contribution in [3.05, 3.63) is 83.9 Å². The number of hydrogen-bond acceptors (Lipinski definition) is 6. The molecule has 0 saturated carbocycles. The van der Waals surface area contributed by atoms with Crippen LogP contribution in [0.2, 0.25) is 0 Å². The van der Waals surface area contributed by atoms with Crippen molar-refractivity contribution in [1.82, 2.24) is 16.0 Å². The lowest BCUT2D eigenvalue weighted by atomic mass is 9.95. The summed E-state index contributed by atoms with van der Waals surface area (Å²) >= 11 is 0. The summed E-state index contributed by atoms with van der Waals surface area (Å²) in [5.41, 5.74) is 11.3. The van der Waals surface area contributed by atoms with Crippen molar-refractivity contribution in [3.8, 4) is 0 Å². The molecule has 2 aliphatic rings. The lowest BCUT2D eigenvalue weighted by Crippen LogP contribution is -2.51. The topological polar surface area (TPSA) is 86.2 Å². The Bertz CT molecular complexity index is 1210. The number of anilines is 2. The molecule has 2 heterocycles. The maximum Gasteiger partial charge on any atom is 0.0855 e. The fourth-order valence-electron chi connectivity index (χ4n) is 4.73. The predicted octanol–water partition coefficient (Wildman–Crippen LogP) is 4.03. The predicted molar refractivity (Wildman–Crippen MR) is 142 cm³/mol. The van der Waals surface area contributed by atoms with E-state index in [4.69, 9.17) is 5.73 Å². The molecule has 6 heteroatoms. The first-order chi connectivity index (χ1) is 16.7. The largest absolute Gasteiger partial charge is 0.383 e. The van der Waals surface area contributed by atoms with E-state index in [0.29, 0.717) is 19.1 Å². The van der Waals surface area contributed by atoms with Crippen LogP contribution in [0.15, 0.2) is 72.8 Å². The number of rotatable bonds is 8. The highest BCUT2D eigenvalue weighted by atomic mass is 15.3. The van der Waals surface area contributed by atoms with E-state index in [1.807, 2.05) is 0 Å². The zero-order valence-electron chi connectivity index (χ0n) is 19.3. The molecule has 0 radical (unpaired) electrons. The Morgan fingerprint density at radius 2 is 1.24 bits per heavy atom. The first-order valence-corrected chi connectivity index (χ1v) is 12.2. The summed E-state index contributed by atoms with van der Waals surface area (Å²) in [6.07, 6.45) is 1.50. The van der Waals surface area contributed by atoms with Gasteiger partial charge in [-0.05, 0) is 82.0 Å². The molecule has 4 aromatic rings. The van der Waals surface area contributed by atoms with Crippen LogP contribution in [-0.2, 0) is 0 Å². The highest BCUT2D eigenvalue weighted by Crippen LogP contribution is 2.28. The first-order valence-electron chi connectivity index (χ1n) is 12.2. The van der Waals surface area contributed by atoms with E-state index in [1.54, 1.807) is 0 Å². The van der Waals surface area contributed by atoms with Gasteiger partial charge in [-0.15, -0.1) is 0 Å². The van der Waals surface area contributed by atoms with E-state index in [-0.39, 0.29) is 12.2 Å². The Hall–Kier alpha value is -3.16. The Morgan fingerprint density at radius 3 is 1.76 bits per heavy atom. The summed E-state index contributed by atoms with van der Waals surface area (Å²) in [7, 11) is 0. The molecule has 174 valence electrons. The van der Waals surface area contributed by atoms with E-state index in [1.165, 1.54) is 39.1 Å². The summed E-state index contributed by atoms with van der Waals surface area (Å²) in [4.78, 5) is 0. The summed E-state index contributed by atoms with van der Waals surface area (Å²) in [5.74, 6) is 0. The van der Waals surface area contributed by atoms with Gasteiger partial charge < -0.3 is 21.7 Å². The molecule has 0 amide bonds. The van der Waals surface area contributed by atoms with Gasteiger partial charge >= 0.3 is 0 Å². The van der Waals surface area contributed by atoms with Gasteiger partial charge in [0.1, 0.15) is 0 Å². The molecule has 4 aromatic carbocycles. The molecule has 2 atom stereocenters. The van der Waals surface area contributed by atoms with Gasteiger partial charge in [-0.25, -0.2) is 0 Å². The molecule has 2 unspecified atom stereocenters. The molecule has 0 bridgehead atoms. The SMILES string of the molecule is NC(CNc1ccc2cc(C3CCN3)ccc2c1)CNc1ccc2cc(C3NCN3)ccc2c1. The van der Waals surface area contributed by atoms with Crippen LogP contribution in [0.5, 0.6) is 0 Å². The minimum atomic E-state index is -0.00315. The number of fused-ring (bicyclic) bond motifs is 2. The molecule has 0 aromatic heterocycles. The van der Waals surface area contributed by atoms with Crippen LogP contribution in [-0.4, -0.2) is 32.3 Å². The van der Waals surface area contributed by atoms with Crippen LogP contribution >= 0.6 is 0 Å². The zero-order chi connectivity index (χ0) is 22.9. The van der Waals surface area contributed by atoms with Gasteiger partial charge in [-0.1, -0.05) is 36.4 Å². The van der Waals surface area contributed by atoms with Crippen LogP contribution < -0.4 is 32.3 Å². The van der Waals surface area contributed by atoms with E-state index in [0.717, 1.165) is 24.6 Å². The second-order valence-corrected chi connectivity index (χ2v) is 9.48. The van der Waals surface area contributed by atoms with Crippen molar-refractivity contribution >= 4 is 32.9 Å². The molecule has 2 fully saturated rings. The second-order valence-electron chi connectivity index (χ2n) is 9.48. The summed E-state index contributed by atoms with van der Waals surface area (Å²) in [5, 5.41) is 22.2. The Labute approximate surface area is 200 Å². The number of benzene rings is 4. The molecule has 2 aliphatic heterocycles. The molecule has 2 saturated heterocycles. The van der Waals surface area contributed by atoms with Gasteiger partial charge in [0, 0.05) is 43.2 Å². The van der Waals surface area contributed by atoms with Crippen molar-refractivity contribution in [2.24, 2.45) is 5.73 Å². The Morgan fingerprint density at radius 1 is 0.706 bits per heavy atom.